The molecule has 0 aliphatic carbocycles. The predicted molar refractivity (Wildman–Crippen MR) is 89.6 cm³/mol. The van der Waals surface area contributed by atoms with E-state index >= 15 is 0 Å². The van der Waals surface area contributed by atoms with E-state index in [4.69, 9.17) is 15.2 Å². The second-order valence-electron chi connectivity index (χ2n) is 5.91. The lowest BCUT2D eigenvalue weighted by Crippen LogP contribution is -2.22. The number of allylic oxidation sites excluding steroid dienone is 1. The molecule has 1 aliphatic rings. The molecule has 0 fully saturated rings. The van der Waals surface area contributed by atoms with Crippen molar-refractivity contribution < 1.29 is 9.47 Å². The number of nitrogens with one attached hydrogen (secondary N) is 1. The zero-order valence-electron chi connectivity index (χ0n) is 14.0. The van der Waals surface area contributed by atoms with Crippen LogP contribution in [-0.4, -0.2) is 16.8 Å². The van der Waals surface area contributed by atoms with Gasteiger partial charge in [0.2, 0.25) is 11.8 Å². The fraction of sp³-hybridized carbons (Fsp3) is 0.333. The van der Waals surface area contributed by atoms with Crippen molar-refractivity contribution in [1.82, 2.24) is 10.2 Å². The number of H-pyrrole nitrogens is 1. The van der Waals surface area contributed by atoms with Gasteiger partial charge >= 0.3 is 0 Å². The zero-order valence-corrected chi connectivity index (χ0v) is 14.0. The molecule has 1 aromatic carbocycles. The second-order valence-corrected chi connectivity index (χ2v) is 5.91. The summed E-state index contributed by atoms with van der Waals surface area (Å²) in [5.41, 5.74) is 9.02. The smallest absolute Gasteiger partial charge is 0.244 e. The number of aromatic amines is 1. The summed E-state index contributed by atoms with van der Waals surface area (Å²) in [5.74, 6) is 1.08. The van der Waals surface area contributed by atoms with Crippen LogP contribution in [-0.2, 0) is 0 Å². The SMILES string of the molecule is CCOc1ccccc1C1C(C#N)=C(N)Oc2n[nH]c(C(C)C)c21. The summed E-state index contributed by atoms with van der Waals surface area (Å²) in [6, 6.07) is 9.88. The Labute approximate surface area is 140 Å². The predicted octanol–water partition coefficient (Wildman–Crippen LogP) is 3.15. The van der Waals surface area contributed by atoms with Gasteiger partial charge in [0.25, 0.3) is 0 Å². The van der Waals surface area contributed by atoms with Gasteiger partial charge in [-0.25, -0.2) is 0 Å². The maximum atomic E-state index is 9.67. The van der Waals surface area contributed by atoms with Gasteiger partial charge in [-0.05, 0) is 18.9 Å². The molecule has 0 saturated carbocycles. The van der Waals surface area contributed by atoms with Crippen LogP contribution in [0.15, 0.2) is 35.7 Å². The summed E-state index contributed by atoms with van der Waals surface area (Å²) in [7, 11) is 0. The Morgan fingerprint density at radius 2 is 2.17 bits per heavy atom. The second kappa shape index (κ2) is 6.28. The van der Waals surface area contributed by atoms with Gasteiger partial charge in [0, 0.05) is 11.3 Å². The van der Waals surface area contributed by atoms with Crippen molar-refractivity contribution in [3.63, 3.8) is 0 Å². The number of para-hydroxylation sites is 1. The Morgan fingerprint density at radius 3 is 2.83 bits per heavy atom. The van der Waals surface area contributed by atoms with Crippen molar-refractivity contribution in [2.24, 2.45) is 5.73 Å². The maximum Gasteiger partial charge on any atom is 0.244 e. The highest BCUT2D eigenvalue weighted by Gasteiger charge is 2.37. The maximum absolute atomic E-state index is 9.67. The molecular weight excluding hydrogens is 304 g/mol. The van der Waals surface area contributed by atoms with Gasteiger partial charge in [-0.15, -0.1) is 5.10 Å². The molecule has 3 rings (SSSR count). The van der Waals surface area contributed by atoms with Crippen LogP contribution >= 0.6 is 0 Å². The van der Waals surface area contributed by atoms with Crippen LogP contribution in [0.4, 0.5) is 0 Å². The molecule has 1 aromatic heterocycles. The van der Waals surface area contributed by atoms with Gasteiger partial charge in [0.1, 0.15) is 17.4 Å². The third kappa shape index (κ3) is 2.48. The van der Waals surface area contributed by atoms with Crippen LogP contribution in [0.2, 0.25) is 0 Å². The first-order chi connectivity index (χ1) is 11.6. The molecule has 3 N–H and O–H groups in total. The molecule has 0 spiro atoms. The van der Waals surface area contributed by atoms with Crippen molar-refractivity contribution in [2.45, 2.75) is 32.6 Å². The van der Waals surface area contributed by atoms with Crippen LogP contribution in [0, 0.1) is 11.3 Å². The fourth-order valence-electron chi connectivity index (χ4n) is 3.03. The highest BCUT2D eigenvalue weighted by atomic mass is 16.5. The van der Waals surface area contributed by atoms with Crippen LogP contribution in [0.5, 0.6) is 11.6 Å². The number of benzene rings is 1. The lowest BCUT2D eigenvalue weighted by molar-refractivity contribution is 0.334. The topological polar surface area (TPSA) is 96.9 Å². The minimum atomic E-state index is -0.363. The van der Waals surface area contributed by atoms with Crippen LogP contribution in [0.25, 0.3) is 0 Å². The molecule has 1 atom stereocenters. The summed E-state index contributed by atoms with van der Waals surface area (Å²) in [6.45, 7) is 6.59. The van der Waals surface area contributed by atoms with E-state index in [0.29, 0.717) is 18.1 Å². The molecule has 1 unspecified atom stereocenters. The number of hydrogen-bond acceptors (Lipinski definition) is 5. The monoisotopic (exact) mass is 324 g/mol. The van der Waals surface area contributed by atoms with Crippen molar-refractivity contribution in [2.75, 3.05) is 6.61 Å². The van der Waals surface area contributed by atoms with Crippen LogP contribution < -0.4 is 15.2 Å². The summed E-state index contributed by atoms with van der Waals surface area (Å²) < 4.78 is 11.3. The minimum absolute atomic E-state index is 0.0862. The highest BCUT2D eigenvalue weighted by molar-refractivity contribution is 5.58. The number of fused-ring (bicyclic) bond motifs is 1. The number of rotatable bonds is 4. The lowest BCUT2D eigenvalue weighted by atomic mass is 9.82. The number of nitrogens with two attached hydrogens (primary N) is 1. The quantitative estimate of drug-likeness (QED) is 0.900. The van der Waals surface area contributed by atoms with Crippen molar-refractivity contribution in [1.29, 1.82) is 5.26 Å². The third-order valence-electron chi connectivity index (χ3n) is 4.08. The highest BCUT2D eigenvalue weighted by Crippen LogP contribution is 2.46. The van der Waals surface area contributed by atoms with E-state index in [-0.39, 0.29) is 17.7 Å². The molecule has 124 valence electrons. The van der Waals surface area contributed by atoms with E-state index in [1.807, 2.05) is 31.2 Å². The molecule has 6 heteroatoms. The first-order valence-corrected chi connectivity index (χ1v) is 7.95. The Morgan fingerprint density at radius 1 is 1.42 bits per heavy atom. The lowest BCUT2D eigenvalue weighted by Gasteiger charge is -2.26. The summed E-state index contributed by atoms with van der Waals surface area (Å²) in [4.78, 5) is 0. The van der Waals surface area contributed by atoms with Crippen molar-refractivity contribution in [3.05, 3.63) is 52.5 Å². The van der Waals surface area contributed by atoms with Crippen molar-refractivity contribution >= 4 is 0 Å². The average Bonchev–Trinajstić information content (AvgIpc) is 2.98. The molecule has 24 heavy (non-hydrogen) atoms. The first kappa shape index (κ1) is 15.9. The largest absolute Gasteiger partial charge is 0.494 e. The molecule has 2 heterocycles. The number of nitrogens with zero attached hydrogens (tertiary/aromatic N) is 2. The van der Waals surface area contributed by atoms with E-state index in [9.17, 15) is 5.26 Å². The first-order valence-electron chi connectivity index (χ1n) is 7.95. The molecule has 0 bridgehead atoms. The molecule has 0 radical (unpaired) electrons. The van der Waals surface area contributed by atoms with Gasteiger partial charge < -0.3 is 15.2 Å². The van der Waals surface area contributed by atoms with E-state index < -0.39 is 0 Å². The summed E-state index contributed by atoms with van der Waals surface area (Å²) >= 11 is 0. The molecule has 0 saturated heterocycles. The molecule has 0 amide bonds. The van der Waals surface area contributed by atoms with E-state index in [1.165, 1.54) is 0 Å². The van der Waals surface area contributed by atoms with Gasteiger partial charge in [0.05, 0.1) is 18.1 Å². The normalized spacial score (nSPS) is 16.5. The van der Waals surface area contributed by atoms with Crippen LogP contribution in [0.3, 0.4) is 0 Å². The Balaban J connectivity index is 2.26. The van der Waals surface area contributed by atoms with Gasteiger partial charge in [-0.2, -0.15) is 5.26 Å². The zero-order chi connectivity index (χ0) is 17.3. The molecular formula is C18H20N4O2. The van der Waals surface area contributed by atoms with Gasteiger partial charge in [0.15, 0.2) is 0 Å². The minimum Gasteiger partial charge on any atom is -0.494 e. The summed E-state index contributed by atoms with van der Waals surface area (Å²) in [5, 5.41) is 16.9. The average molecular weight is 324 g/mol. The van der Waals surface area contributed by atoms with E-state index in [2.05, 4.69) is 30.1 Å². The van der Waals surface area contributed by atoms with Crippen molar-refractivity contribution in [3.8, 4) is 17.7 Å². The number of ether oxygens (including phenoxy) is 2. The number of hydrogen-bond donors (Lipinski definition) is 2. The Hall–Kier alpha value is -2.94. The Kier molecular flexibility index (Phi) is 4.17. The Bertz CT molecular complexity index is 830. The molecule has 2 aromatic rings. The molecule has 6 nitrogen and oxygen atoms in total. The van der Waals surface area contributed by atoms with Crippen LogP contribution in [0.1, 0.15) is 49.4 Å². The number of aromatic nitrogens is 2. The van der Waals surface area contributed by atoms with Gasteiger partial charge in [-0.3, -0.25) is 5.10 Å². The fourth-order valence-corrected chi connectivity index (χ4v) is 3.03. The van der Waals surface area contributed by atoms with E-state index in [1.54, 1.807) is 0 Å². The summed E-state index contributed by atoms with van der Waals surface area (Å²) in [6.07, 6.45) is 0. The standard InChI is InChI=1S/C18H20N4O2/c1-4-23-13-8-6-5-7-11(13)14-12(9-19)17(20)24-18-15(14)16(10(2)3)21-22-18/h5-8,10,14H,4,20H2,1-3H3,(H,21,22). The van der Waals surface area contributed by atoms with Gasteiger partial charge in [-0.1, -0.05) is 32.0 Å². The van der Waals surface area contributed by atoms with E-state index in [0.717, 1.165) is 22.6 Å². The third-order valence-corrected chi connectivity index (χ3v) is 4.08. The molecule has 1 aliphatic heterocycles. The number of nitriles is 1.